The summed E-state index contributed by atoms with van der Waals surface area (Å²) in [5.74, 6) is 0. The molecule has 0 unspecified atom stereocenters. The van der Waals surface area contributed by atoms with Crippen LogP contribution >= 0.6 is 38.5 Å². The molecule has 20 heavy (non-hydrogen) atoms. The number of benzene rings is 4. The summed E-state index contributed by atoms with van der Waals surface area (Å²) in [5, 5.41) is 7.92. The van der Waals surface area contributed by atoms with Crippen molar-refractivity contribution in [1.82, 2.24) is 0 Å². The molecule has 0 aliphatic heterocycles. The van der Waals surface area contributed by atoms with Crippen molar-refractivity contribution in [3.63, 3.8) is 0 Å². The van der Waals surface area contributed by atoms with Gasteiger partial charge in [-0.3, -0.25) is 0 Å². The summed E-state index contributed by atoms with van der Waals surface area (Å²) in [5.41, 5.74) is 0. The highest BCUT2D eigenvalue weighted by molar-refractivity contribution is 14.1. The third-order valence-electron chi connectivity index (χ3n) is 3.74. The van der Waals surface area contributed by atoms with Gasteiger partial charge in [0, 0.05) is 13.4 Å². The van der Waals surface area contributed by atoms with Crippen molar-refractivity contribution >= 4 is 70.8 Å². The van der Waals surface area contributed by atoms with E-state index >= 15 is 0 Å². The van der Waals surface area contributed by atoms with Crippen LogP contribution in [0.4, 0.5) is 0 Å². The van der Waals surface area contributed by atoms with Gasteiger partial charge in [-0.25, -0.2) is 0 Å². The van der Waals surface area contributed by atoms with Crippen LogP contribution in [-0.2, 0) is 0 Å². The zero-order valence-electron chi connectivity index (χ0n) is 10.5. The Bertz CT molecular complexity index is 973. The van der Waals surface area contributed by atoms with E-state index in [1.807, 2.05) is 0 Å². The molecule has 0 fully saturated rings. The molecule has 4 aromatic carbocycles. The van der Waals surface area contributed by atoms with Gasteiger partial charge < -0.3 is 0 Å². The summed E-state index contributed by atoms with van der Waals surface area (Å²) in [6.45, 7) is 0. The molecule has 0 saturated heterocycles. The van der Waals surface area contributed by atoms with E-state index in [9.17, 15) is 0 Å². The molecule has 2 heteroatoms. The maximum Gasteiger partial charge on any atom is 0.0226 e. The highest BCUT2D eigenvalue weighted by atomic mass is 127. The SMILES string of the molecule is Brc1cc(I)c2c(ccc3ccc4ccccc4c32)c1. The lowest BCUT2D eigenvalue weighted by atomic mass is 9.97. The van der Waals surface area contributed by atoms with Crippen LogP contribution in [0.5, 0.6) is 0 Å². The molecule has 0 atom stereocenters. The van der Waals surface area contributed by atoms with Crippen LogP contribution in [0.25, 0.3) is 32.3 Å². The summed E-state index contributed by atoms with van der Waals surface area (Å²) in [6, 6.07) is 21.8. The Balaban J connectivity index is 2.37. The van der Waals surface area contributed by atoms with E-state index in [0.717, 1.165) is 4.47 Å². The van der Waals surface area contributed by atoms with Gasteiger partial charge in [-0.15, -0.1) is 0 Å². The normalized spacial score (nSPS) is 11.5. The minimum atomic E-state index is 1.13. The Morgan fingerprint density at radius 3 is 2.25 bits per heavy atom. The predicted molar refractivity (Wildman–Crippen MR) is 99.4 cm³/mol. The molecule has 0 aliphatic rings. The van der Waals surface area contributed by atoms with Gasteiger partial charge in [0.15, 0.2) is 0 Å². The first-order valence-corrected chi connectivity index (χ1v) is 8.30. The first-order valence-electron chi connectivity index (χ1n) is 6.43. The van der Waals surface area contributed by atoms with Gasteiger partial charge in [-0.2, -0.15) is 0 Å². The number of fused-ring (bicyclic) bond motifs is 5. The average Bonchev–Trinajstić information content (AvgIpc) is 2.46. The van der Waals surface area contributed by atoms with Crippen LogP contribution in [0.15, 0.2) is 65.1 Å². The molecule has 0 radical (unpaired) electrons. The fraction of sp³-hybridized carbons (Fsp3) is 0. The molecule has 0 aromatic heterocycles. The summed E-state index contributed by atoms with van der Waals surface area (Å²) in [7, 11) is 0. The van der Waals surface area contributed by atoms with E-state index < -0.39 is 0 Å². The van der Waals surface area contributed by atoms with Gasteiger partial charge in [0.05, 0.1) is 0 Å². The third kappa shape index (κ3) is 1.85. The Morgan fingerprint density at radius 2 is 1.40 bits per heavy atom. The summed E-state index contributed by atoms with van der Waals surface area (Å²) >= 11 is 6.03. The highest BCUT2D eigenvalue weighted by Gasteiger charge is 2.08. The summed E-state index contributed by atoms with van der Waals surface area (Å²) in [6.07, 6.45) is 0. The van der Waals surface area contributed by atoms with Crippen molar-refractivity contribution in [3.05, 3.63) is 68.7 Å². The number of halogens is 2. The van der Waals surface area contributed by atoms with Crippen molar-refractivity contribution in [3.8, 4) is 0 Å². The van der Waals surface area contributed by atoms with Crippen molar-refractivity contribution in [1.29, 1.82) is 0 Å². The molecular weight excluding hydrogens is 423 g/mol. The Morgan fingerprint density at radius 1 is 0.700 bits per heavy atom. The van der Waals surface area contributed by atoms with Crippen LogP contribution in [0, 0.1) is 3.57 Å². The molecule has 0 aliphatic carbocycles. The first-order chi connectivity index (χ1) is 9.74. The molecule has 0 spiro atoms. The molecule has 4 aromatic rings. The van der Waals surface area contributed by atoms with Gasteiger partial charge in [0.25, 0.3) is 0 Å². The molecule has 0 bridgehead atoms. The van der Waals surface area contributed by atoms with Crippen LogP contribution in [0.1, 0.15) is 0 Å². The van der Waals surface area contributed by atoms with E-state index in [-0.39, 0.29) is 0 Å². The second kappa shape index (κ2) is 4.71. The van der Waals surface area contributed by atoms with Crippen LogP contribution in [0.2, 0.25) is 0 Å². The van der Waals surface area contributed by atoms with Crippen molar-refractivity contribution in [2.24, 2.45) is 0 Å². The topological polar surface area (TPSA) is 0 Å². The zero-order valence-corrected chi connectivity index (χ0v) is 14.3. The van der Waals surface area contributed by atoms with E-state index in [2.05, 4.69) is 99.2 Å². The lowest BCUT2D eigenvalue weighted by molar-refractivity contribution is 1.69. The fourth-order valence-electron chi connectivity index (χ4n) is 2.87. The monoisotopic (exact) mass is 432 g/mol. The molecule has 0 nitrogen and oxygen atoms in total. The first kappa shape index (κ1) is 12.6. The minimum Gasteiger partial charge on any atom is -0.0616 e. The Labute approximate surface area is 139 Å². The smallest absolute Gasteiger partial charge is 0.0226 e. The average molecular weight is 433 g/mol. The summed E-state index contributed by atoms with van der Waals surface area (Å²) < 4.78 is 2.42. The van der Waals surface area contributed by atoms with Crippen LogP contribution < -0.4 is 0 Å². The summed E-state index contributed by atoms with van der Waals surface area (Å²) in [4.78, 5) is 0. The van der Waals surface area contributed by atoms with E-state index in [4.69, 9.17) is 0 Å². The minimum absolute atomic E-state index is 1.13. The zero-order chi connectivity index (χ0) is 13.7. The molecular formula is C18H10BrI. The van der Waals surface area contributed by atoms with Crippen molar-refractivity contribution in [2.45, 2.75) is 0 Å². The molecule has 96 valence electrons. The largest absolute Gasteiger partial charge is 0.0616 e. The maximum atomic E-state index is 3.59. The lowest BCUT2D eigenvalue weighted by Gasteiger charge is -2.10. The molecule has 0 amide bonds. The van der Waals surface area contributed by atoms with Gasteiger partial charge in [0.2, 0.25) is 0 Å². The predicted octanol–water partition coefficient (Wildman–Crippen LogP) is 6.51. The number of hydrogen-bond donors (Lipinski definition) is 0. The van der Waals surface area contributed by atoms with Gasteiger partial charge in [0.1, 0.15) is 0 Å². The van der Waals surface area contributed by atoms with E-state index in [1.165, 1.54) is 35.9 Å². The van der Waals surface area contributed by atoms with Gasteiger partial charge in [-0.1, -0.05) is 64.5 Å². The molecule has 4 rings (SSSR count). The maximum absolute atomic E-state index is 3.59. The van der Waals surface area contributed by atoms with Gasteiger partial charge in [-0.05, 0) is 61.7 Å². The number of hydrogen-bond acceptors (Lipinski definition) is 0. The fourth-order valence-corrected chi connectivity index (χ4v) is 4.69. The highest BCUT2D eigenvalue weighted by Crippen LogP contribution is 2.36. The van der Waals surface area contributed by atoms with Crippen molar-refractivity contribution in [2.75, 3.05) is 0 Å². The Hall–Kier alpha value is -1.13. The van der Waals surface area contributed by atoms with Crippen LogP contribution in [0.3, 0.4) is 0 Å². The molecule has 0 saturated carbocycles. The van der Waals surface area contributed by atoms with Gasteiger partial charge >= 0.3 is 0 Å². The van der Waals surface area contributed by atoms with E-state index in [1.54, 1.807) is 0 Å². The van der Waals surface area contributed by atoms with Crippen LogP contribution in [-0.4, -0.2) is 0 Å². The second-order valence-electron chi connectivity index (χ2n) is 4.94. The van der Waals surface area contributed by atoms with Crippen molar-refractivity contribution < 1.29 is 0 Å². The Kier molecular flexibility index (Phi) is 2.97. The molecule has 0 heterocycles. The molecule has 0 N–H and O–H groups in total. The number of rotatable bonds is 0. The standard InChI is InChI=1S/C18H10BrI/c19-14-9-13-8-7-12-6-5-11-3-1-2-4-15(11)17(12)18(13)16(20)10-14/h1-10H. The lowest BCUT2D eigenvalue weighted by Crippen LogP contribution is -1.84. The second-order valence-corrected chi connectivity index (χ2v) is 7.01. The third-order valence-corrected chi connectivity index (χ3v) is 5.05. The van der Waals surface area contributed by atoms with E-state index in [0.29, 0.717) is 0 Å². The quantitative estimate of drug-likeness (QED) is 0.219.